The third-order valence-corrected chi connectivity index (χ3v) is 2.88. The molecule has 1 aliphatic carbocycles. The minimum Gasteiger partial charge on any atom is -0.395 e. The van der Waals surface area contributed by atoms with Crippen LogP contribution in [0.15, 0.2) is 0 Å². The molecule has 0 aromatic rings. The van der Waals surface area contributed by atoms with Crippen LogP contribution in [-0.4, -0.2) is 23.8 Å². The molecule has 1 rings (SSSR count). The van der Waals surface area contributed by atoms with E-state index in [4.69, 9.17) is 5.11 Å². The first-order chi connectivity index (χ1) is 5.74. The highest BCUT2D eigenvalue weighted by Gasteiger charge is 2.21. The molecule has 0 unspecified atom stereocenters. The number of hydrogen-bond acceptors (Lipinski definition) is 2. The number of aliphatic hydroxyl groups is 1. The molecule has 2 heteroatoms. The van der Waals surface area contributed by atoms with Crippen LogP contribution >= 0.6 is 0 Å². The summed E-state index contributed by atoms with van der Waals surface area (Å²) >= 11 is 0. The maximum absolute atomic E-state index is 8.89. The number of hydrogen-bond donors (Lipinski definition) is 2. The van der Waals surface area contributed by atoms with E-state index in [2.05, 4.69) is 12.2 Å². The van der Waals surface area contributed by atoms with E-state index in [9.17, 15) is 0 Å². The van der Waals surface area contributed by atoms with Gasteiger partial charge in [0, 0.05) is 12.1 Å². The van der Waals surface area contributed by atoms with Crippen LogP contribution in [0.25, 0.3) is 0 Å². The third-order valence-electron chi connectivity index (χ3n) is 2.88. The highest BCUT2D eigenvalue weighted by molar-refractivity contribution is 4.79. The van der Waals surface area contributed by atoms with Gasteiger partial charge >= 0.3 is 0 Å². The van der Waals surface area contributed by atoms with Gasteiger partial charge in [-0.2, -0.15) is 0 Å². The standard InChI is InChI=1S/C10H21NO/c1-8-5-3-4-6-10(8)11-9(2)7-12/h8-12H,3-7H2,1-2H3/t8-,9-,10-/m1/s1. The van der Waals surface area contributed by atoms with Crippen LogP contribution in [0.4, 0.5) is 0 Å². The smallest absolute Gasteiger partial charge is 0.0582 e. The van der Waals surface area contributed by atoms with Crippen molar-refractivity contribution in [3.63, 3.8) is 0 Å². The molecule has 12 heavy (non-hydrogen) atoms. The Bertz CT molecular complexity index is 127. The molecule has 2 nitrogen and oxygen atoms in total. The molecule has 0 aromatic carbocycles. The highest BCUT2D eigenvalue weighted by atomic mass is 16.3. The molecular weight excluding hydrogens is 150 g/mol. The van der Waals surface area contributed by atoms with Gasteiger partial charge < -0.3 is 10.4 Å². The second-order valence-electron chi connectivity index (χ2n) is 4.12. The van der Waals surface area contributed by atoms with Gasteiger partial charge in [-0.05, 0) is 25.7 Å². The quantitative estimate of drug-likeness (QED) is 0.675. The summed E-state index contributed by atoms with van der Waals surface area (Å²) in [6.07, 6.45) is 5.36. The lowest BCUT2D eigenvalue weighted by Crippen LogP contribution is -2.43. The minimum atomic E-state index is 0.253. The van der Waals surface area contributed by atoms with Gasteiger partial charge in [0.2, 0.25) is 0 Å². The lowest BCUT2D eigenvalue weighted by Gasteiger charge is -2.31. The molecule has 0 aromatic heterocycles. The Balaban J connectivity index is 2.28. The van der Waals surface area contributed by atoms with Gasteiger partial charge in [-0.15, -0.1) is 0 Å². The van der Waals surface area contributed by atoms with E-state index in [0.29, 0.717) is 6.04 Å². The van der Waals surface area contributed by atoms with E-state index in [0.717, 1.165) is 5.92 Å². The molecule has 0 saturated heterocycles. The van der Waals surface area contributed by atoms with Crippen LogP contribution in [0.3, 0.4) is 0 Å². The van der Waals surface area contributed by atoms with Gasteiger partial charge in [-0.1, -0.05) is 19.8 Å². The Morgan fingerprint density at radius 2 is 2.08 bits per heavy atom. The molecule has 3 atom stereocenters. The van der Waals surface area contributed by atoms with Crippen LogP contribution in [0.1, 0.15) is 39.5 Å². The third kappa shape index (κ3) is 2.76. The molecule has 0 radical (unpaired) electrons. The lowest BCUT2D eigenvalue weighted by atomic mass is 9.85. The van der Waals surface area contributed by atoms with Gasteiger partial charge in [-0.3, -0.25) is 0 Å². The Kier molecular flexibility index (Phi) is 4.02. The van der Waals surface area contributed by atoms with Gasteiger partial charge in [0.25, 0.3) is 0 Å². The zero-order valence-corrected chi connectivity index (χ0v) is 8.21. The van der Waals surface area contributed by atoms with Crippen molar-refractivity contribution in [2.24, 2.45) is 5.92 Å². The largest absolute Gasteiger partial charge is 0.395 e. The summed E-state index contributed by atoms with van der Waals surface area (Å²) in [6.45, 7) is 4.60. The number of aliphatic hydroxyl groups excluding tert-OH is 1. The fraction of sp³-hybridized carbons (Fsp3) is 1.00. The van der Waals surface area contributed by atoms with Crippen LogP contribution in [0, 0.1) is 5.92 Å². The van der Waals surface area contributed by atoms with Gasteiger partial charge in [0.15, 0.2) is 0 Å². The lowest BCUT2D eigenvalue weighted by molar-refractivity contribution is 0.204. The summed E-state index contributed by atoms with van der Waals surface area (Å²) in [4.78, 5) is 0. The Hall–Kier alpha value is -0.0800. The SMILES string of the molecule is C[C@H](CO)N[C@@H]1CCCC[C@H]1C. The van der Waals surface area contributed by atoms with Crippen molar-refractivity contribution < 1.29 is 5.11 Å². The van der Waals surface area contributed by atoms with Gasteiger partial charge in [0.1, 0.15) is 0 Å². The average molecular weight is 171 g/mol. The van der Waals surface area contributed by atoms with E-state index in [1.54, 1.807) is 0 Å². The fourth-order valence-electron chi connectivity index (χ4n) is 1.98. The summed E-state index contributed by atoms with van der Waals surface area (Å²) in [5, 5.41) is 12.4. The zero-order chi connectivity index (χ0) is 8.97. The van der Waals surface area contributed by atoms with Gasteiger partial charge in [0.05, 0.1) is 6.61 Å². The summed E-state index contributed by atoms with van der Waals surface area (Å²) in [5.41, 5.74) is 0. The predicted molar refractivity (Wildman–Crippen MR) is 51.1 cm³/mol. The maximum Gasteiger partial charge on any atom is 0.0582 e. The molecule has 1 fully saturated rings. The molecule has 2 N–H and O–H groups in total. The Morgan fingerprint density at radius 1 is 1.42 bits per heavy atom. The Morgan fingerprint density at radius 3 is 2.67 bits per heavy atom. The van der Waals surface area contributed by atoms with E-state index in [-0.39, 0.29) is 12.6 Å². The first-order valence-corrected chi connectivity index (χ1v) is 5.11. The highest BCUT2D eigenvalue weighted by Crippen LogP contribution is 2.23. The van der Waals surface area contributed by atoms with E-state index >= 15 is 0 Å². The molecule has 1 saturated carbocycles. The number of rotatable bonds is 3. The summed E-state index contributed by atoms with van der Waals surface area (Å²) in [7, 11) is 0. The van der Waals surface area contributed by atoms with Gasteiger partial charge in [-0.25, -0.2) is 0 Å². The summed E-state index contributed by atoms with van der Waals surface area (Å²) in [6, 6.07) is 0.899. The molecule has 0 heterocycles. The molecule has 1 aliphatic rings. The van der Waals surface area contributed by atoms with E-state index < -0.39 is 0 Å². The van der Waals surface area contributed by atoms with E-state index in [1.165, 1.54) is 25.7 Å². The molecule has 72 valence electrons. The van der Waals surface area contributed by atoms with Crippen LogP contribution in [0.5, 0.6) is 0 Å². The van der Waals surface area contributed by atoms with Crippen molar-refractivity contribution in [3.8, 4) is 0 Å². The van der Waals surface area contributed by atoms with Crippen molar-refractivity contribution in [2.75, 3.05) is 6.61 Å². The molecular formula is C10H21NO. The fourth-order valence-corrected chi connectivity index (χ4v) is 1.98. The molecule has 0 amide bonds. The first-order valence-electron chi connectivity index (χ1n) is 5.11. The van der Waals surface area contributed by atoms with Crippen molar-refractivity contribution in [1.29, 1.82) is 0 Å². The van der Waals surface area contributed by atoms with Crippen molar-refractivity contribution in [2.45, 2.75) is 51.6 Å². The predicted octanol–water partition coefficient (Wildman–Crippen LogP) is 1.54. The zero-order valence-electron chi connectivity index (χ0n) is 8.21. The van der Waals surface area contributed by atoms with Crippen LogP contribution < -0.4 is 5.32 Å². The molecule has 0 bridgehead atoms. The van der Waals surface area contributed by atoms with Crippen molar-refractivity contribution >= 4 is 0 Å². The normalized spacial score (nSPS) is 33.2. The average Bonchev–Trinajstić information content (AvgIpc) is 2.09. The second kappa shape index (κ2) is 4.83. The monoisotopic (exact) mass is 171 g/mol. The molecule has 0 aliphatic heterocycles. The van der Waals surface area contributed by atoms with Crippen LogP contribution in [-0.2, 0) is 0 Å². The van der Waals surface area contributed by atoms with Crippen LogP contribution in [0.2, 0.25) is 0 Å². The molecule has 0 spiro atoms. The number of nitrogens with one attached hydrogen (secondary N) is 1. The first kappa shape index (κ1) is 10.0. The van der Waals surface area contributed by atoms with Crippen molar-refractivity contribution in [1.82, 2.24) is 5.32 Å². The van der Waals surface area contributed by atoms with Crippen molar-refractivity contribution in [3.05, 3.63) is 0 Å². The van der Waals surface area contributed by atoms with E-state index in [1.807, 2.05) is 6.92 Å². The summed E-state index contributed by atoms with van der Waals surface area (Å²) < 4.78 is 0. The minimum absolute atomic E-state index is 0.253. The Labute approximate surface area is 75.4 Å². The maximum atomic E-state index is 8.89. The topological polar surface area (TPSA) is 32.3 Å². The second-order valence-corrected chi connectivity index (χ2v) is 4.12. The summed E-state index contributed by atoms with van der Waals surface area (Å²) in [5.74, 6) is 0.785.